The molecule has 0 aromatic heterocycles. The zero-order valence-electron chi connectivity index (χ0n) is 5.20. The first kappa shape index (κ1) is 6.60. The normalized spacial score (nSPS) is 16.8. The van der Waals surface area contributed by atoms with E-state index in [1.807, 2.05) is 0 Å². The zero-order valence-corrected chi connectivity index (χ0v) is 5.20. The van der Waals surface area contributed by atoms with E-state index in [1.165, 1.54) is 6.20 Å². The highest BCUT2D eigenvalue weighted by Gasteiger charge is 2.16. The number of hydrogen-bond donors (Lipinski definition) is 2. The Bertz CT molecular complexity index is 199. The summed E-state index contributed by atoms with van der Waals surface area (Å²) in [5, 5.41) is 2.41. The van der Waals surface area contributed by atoms with Crippen molar-refractivity contribution in [2.24, 2.45) is 5.73 Å². The van der Waals surface area contributed by atoms with Gasteiger partial charge in [0, 0.05) is 12.7 Å². The third kappa shape index (κ3) is 1.07. The van der Waals surface area contributed by atoms with Crippen LogP contribution in [-0.2, 0) is 0 Å². The predicted octanol–water partition coefficient (Wildman–Crippen LogP) is -0.396. The lowest BCUT2D eigenvalue weighted by molar-refractivity contribution is 0.204. The van der Waals surface area contributed by atoms with Gasteiger partial charge in [-0.25, -0.2) is 14.5 Å². The molecule has 0 bridgehead atoms. The molecule has 1 heterocycles. The maximum atomic E-state index is 10.7. The van der Waals surface area contributed by atoms with Gasteiger partial charge in [0.2, 0.25) is 0 Å². The molecule has 0 aromatic carbocycles. The summed E-state index contributed by atoms with van der Waals surface area (Å²) in [4.78, 5) is 21.9. The molecule has 0 aliphatic carbocycles. The standard InChI is InChI=1S/C5H7N3O2/c6-4(9)8-3-1-2-7-5(8)10/h1,3H,2H2,(H2,6,9)(H,7,10). The molecule has 0 radical (unpaired) electrons. The summed E-state index contributed by atoms with van der Waals surface area (Å²) >= 11 is 0. The van der Waals surface area contributed by atoms with Gasteiger partial charge in [0.1, 0.15) is 0 Å². The number of nitrogens with two attached hydrogens (primary N) is 1. The molecule has 0 fully saturated rings. The van der Waals surface area contributed by atoms with Crippen molar-refractivity contribution in [3.63, 3.8) is 0 Å². The lowest BCUT2D eigenvalue weighted by Crippen LogP contribution is -2.45. The van der Waals surface area contributed by atoms with E-state index in [1.54, 1.807) is 6.08 Å². The minimum atomic E-state index is -0.770. The Hall–Kier alpha value is -1.52. The monoisotopic (exact) mass is 141 g/mol. The highest BCUT2D eigenvalue weighted by molar-refractivity contribution is 5.94. The maximum absolute atomic E-state index is 10.7. The smallest absolute Gasteiger partial charge is 0.329 e. The fourth-order valence-corrected chi connectivity index (χ4v) is 0.631. The number of imide groups is 1. The molecule has 0 saturated heterocycles. The van der Waals surface area contributed by atoms with Gasteiger partial charge in [-0.3, -0.25) is 0 Å². The number of nitrogens with one attached hydrogen (secondary N) is 1. The van der Waals surface area contributed by atoms with Gasteiger partial charge in [0.25, 0.3) is 0 Å². The molecule has 10 heavy (non-hydrogen) atoms. The van der Waals surface area contributed by atoms with E-state index >= 15 is 0 Å². The first-order valence-electron chi connectivity index (χ1n) is 2.75. The van der Waals surface area contributed by atoms with Crippen LogP contribution in [0.1, 0.15) is 0 Å². The Balaban J connectivity index is 2.73. The lowest BCUT2D eigenvalue weighted by atomic mass is 10.5. The van der Waals surface area contributed by atoms with Crippen LogP contribution in [-0.4, -0.2) is 23.5 Å². The number of amides is 4. The van der Waals surface area contributed by atoms with Crippen molar-refractivity contribution in [2.75, 3.05) is 6.54 Å². The Morgan fingerprint density at radius 1 is 1.80 bits per heavy atom. The van der Waals surface area contributed by atoms with E-state index < -0.39 is 12.1 Å². The van der Waals surface area contributed by atoms with Crippen molar-refractivity contribution in [1.29, 1.82) is 0 Å². The zero-order chi connectivity index (χ0) is 7.56. The van der Waals surface area contributed by atoms with Gasteiger partial charge in [-0.15, -0.1) is 0 Å². The van der Waals surface area contributed by atoms with Crippen LogP contribution in [0.4, 0.5) is 9.59 Å². The maximum Gasteiger partial charge on any atom is 0.329 e. The first-order valence-corrected chi connectivity index (χ1v) is 2.75. The summed E-state index contributed by atoms with van der Waals surface area (Å²) < 4.78 is 0. The van der Waals surface area contributed by atoms with E-state index in [9.17, 15) is 9.59 Å². The predicted molar refractivity (Wildman–Crippen MR) is 34.0 cm³/mol. The molecule has 3 N–H and O–H groups in total. The fraction of sp³-hybridized carbons (Fsp3) is 0.200. The van der Waals surface area contributed by atoms with Gasteiger partial charge in [0.15, 0.2) is 0 Å². The molecule has 5 nitrogen and oxygen atoms in total. The Morgan fingerprint density at radius 2 is 2.50 bits per heavy atom. The lowest BCUT2D eigenvalue weighted by Gasteiger charge is -2.17. The van der Waals surface area contributed by atoms with Crippen molar-refractivity contribution in [3.05, 3.63) is 12.3 Å². The summed E-state index contributed by atoms with van der Waals surface area (Å²) in [6, 6.07) is -1.25. The molecule has 1 rings (SSSR count). The van der Waals surface area contributed by atoms with Gasteiger partial charge in [-0.1, -0.05) is 0 Å². The second-order valence-electron chi connectivity index (χ2n) is 1.78. The molecule has 4 amide bonds. The summed E-state index contributed by atoms with van der Waals surface area (Å²) in [6.07, 6.45) is 2.98. The summed E-state index contributed by atoms with van der Waals surface area (Å²) in [7, 11) is 0. The van der Waals surface area contributed by atoms with Crippen LogP contribution in [0.5, 0.6) is 0 Å². The second-order valence-corrected chi connectivity index (χ2v) is 1.78. The molecule has 0 spiro atoms. The van der Waals surface area contributed by atoms with Crippen LogP contribution in [0.3, 0.4) is 0 Å². The Morgan fingerprint density at radius 3 is 2.90 bits per heavy atom. The summed E-state index contributed by atoms with van der Waals surface area (Å²) in [6.45, 7) is 0.447. The van der Waals surface area contributed by atoms with Gasteiger partial charge in [-0.05, 0) is 6.08 Å². The molecule has 1 aliphatic heterocycles. The van der Waals surface area contributed by atoms with Crippen molar-refractivity contribution in [1.82, 2.24) is 10.2 Å². The number of hydrogen-bond acceptors (Lipinski definition) is 2. The van der Waals surface area contributed by atoms with Crippen molar-refractivity contribution >= 4 is 12.1 Å². The number of nitrogens with zero attached hydrogens (tertiary/aromatic N) is 1. The number of rotatable bonds is 0. The third-order valence-corrected chi connectivity index (χ3v) is 1.08. The topological polar surface area (TPSA) is 75.4 Å². The van der Waals surface area contributed by atoms with Gasteiger partial charge < -0.3 is 11.1 Å². The van der Waals surface area contributed by atoms with Crippen molar-refractivity contribution < 1.29 is 9.59 Å². The van der Waals surface area contributed by atoms with Crippen LogP contribution in [0.2, 0.25) is 0 Å². The third-order valence-electron chi connectivity index (χ3n) is 1.08. The molecule has 0 unspecified atom stereocenters. The van der Waals surface area contributed by atoms with Gasteiger partial charge in [-0.2, -0.15) is 0 Å². The van der Waals surface area contributed by atoms with Crippen LogP contribution in [0.15, 0.2) is 12.3 Å². The van der Waals surface area contributed by atoms with E-state index in [-0.39, 0.29) is 0 Å². The van der Waals surface area contributed by atoms with Crippen LogP contribution >= 0.6 is 0 Å². The number of carbonyl (C=O) groups excluding carboxylic acids is 2. The van der Waals surface area contributed by atoms with E-state index in [0.717, 1.165) is 4.90 Å². The molecular weight excluding hydrogens is 134 g/mol. The molecule has 0 saturated carbocycles. The molecule has 0 atom stereocenters. The largest absolute Gasteiger partial charge is 0.351 e. The molecular formula is C5H7N3O2. The van der Waals surface area contributed by atoms with E-state index in [2.05, 4.69) is 5.32 Å². The quantitative estimate of drug-likeness (QED) is 0.481. The minimum Gasteiger partial charge on any atom is -0.351 e. The SMILES string of the molecule is NC(=O)N1C=CCNC1=O. The number of carbonyl (C=O) groups is 2. The Kier molecular flexibility index (Phi) is 1.57. The highest BCUT2D eigenvalue weighted by Crippen LogP contribution is 1.94. The van der Waals surface area contributed by atoms with Crippen molar-refractivity contribution in [2.45, 2.75) is 0 Å². The number of urea groups is 2. The van der Waals surface area contributed by atoms with Crippen LogP contribution in [0, 0.1) is 0 Å². The minimum absolute atomic E-state index is 0.447. The van der Waals surface area contributed by atoms with Crippen molar-refractivity contribution in [3.8, 4) is 0 Å². The average molecular weight is 141 g/mol. The number of primary amides is 1. The molecule has 5 heteroatoms. The molecule has 0 aromatic rings. The molecule has 54 valence electrons. The highest BCUT2D eigenvalue weighted by atomic mass is 16.2. The molecule has 1 aliphatic rings. The van der Waals surface area contributed by atoms with Gasteiger partial charge >= 0.3 is 12.1 Å². The van der Waals surface area contributed by atoms with Gasteiger partial charge in [0.05, 0.1) is 0 Å². The summed E-state index contributed by atoms with van der Waals surface area (Å²) in [5.41, 5.74) is 4.83. The summed E-state index contributed by atoms with van der Waals surface area (Å²) in [5.74, 6) is 0. The Labute approximate surface area is 57.5 Å². The van der Waals surface area contributed by atoms with Crippen LogP contribution in [0.25, 0.3) is 0 Å². The second kappa shape index (κ2) is 2.38. The fourth-order valence-electron chi connectivity index (χ4n) is 0.631. The van der Waals surface area contributed by atoms with E-state index in [4.69, 9.17) is 5.73 Å². The first-order chi connectivity index (χ1) is 4.72. The van der Waals surface area contributed by atoms with E-state index in [0.29, 0.717) is 6.54 Å². The average Bonchev–Trinajstić information content (AvgIpc) is 1.88. The van der Waals surface area contributed by atoms with Crippen LogP contribution < -0.4 is 11.1 Å².